The summed E-state index contributed by atoms with van der Waals surface area (Å²) in [6.45, 7) is 7.94. The van der Waals surface area contributed by atoms with Crippen LogP contribution in [0.3, 0.4) is 0 Å². The Morgan fingerprint density at radius 2 is 1.96 bits per heavy atom. The second-order valence-electron chi connectivity index (χ2n) is 6.74. The van der Waals surface area contributed by atoms with Gasteiger partial charge in [-0.15, -0.1) is 0 Å². The molecule has 5 heteroatoms. The molecule has 2 rings (SSSR count). The molecule has 1 saturated heterocycles. The molecule has 0 aromatic heterocycles. The Morgan fingerprint density at radius 1 is 1.26 bits per heavy atom. The van der Waals surface area contributed by atoms with Crippen molar-refractivity contribution in [2.75, 3.05) is 27.3 Å². The van der Waals surface area contributed by atoms with Crippen LogP contribution in [-0.4, -0.2) is 39.3 Å². The van der Waals surface area contributed by atoms with E-state index in [2.05, 4.69) is 17.6 Å². The summed E-state index contributed by atoms with van der Waals surface area (Å²) >= 11 is 0. The van der Waals surface area contributed by atoms with E-state index in [1.54, 1.807) is 14.2 Å². The summed E-state index contributed by atoms with van der Waals surface area (Å²) in [5, 5.41) is 6.58. The largest absolute Gasteiger partial charge is 0.493 e. The van der Waals surface area contributed by atoms with Crippen LogP contribution in [0.25, 0.3) is 0 Å². The number of methoxy groups -OCH3 is 2. The van der Waals surface area contributed by atoms with Crippen LogP contribution in [0, 0.1) is 5.92 Å². The van der Waals surface area contributed by atoms with Gasteiger partial charge in [-0.05, 0) is 57.0 Å². The van der Waals surface area contributed by atoms with Gasteiger partial charge in [0.1, 0.15) is 0 Å². The van der Waals surface area contributed by atoms with Crippen molar-refractivity contribution in [1.82, 2.24) is 10.6 Å². The van der Waals surface area contributed by atoms with Gasteiger partial charge >= 0.3 is 0 Å². The third-order valence-electron chi connectivity index (χ3n) is 4.77. The van der Waals surface area contributed by atoms with Gasteiger partial charge in [0.25, 0.3) is 0 Å². The Bertz CT molecular complexity index is 557. The number of hydrogen-bond acceptors (Lipinski definition) is 4. The van der Waals surface area contributed by atoms with Gasteiger partial charge in [0, 0.05) is 6.04 Å². The Labute approximate surface area is 138 Å². The van der Waals surface area contributed by atoms with Gasteiger partial charge in [0.05, 0.1) is 19.6 Å². The van der Waals surface area contributed by atoms with E-state index in [-0.39, 0.29) is 11.9 Å². The summed E-state index contributed by atoms with van der Waals surface area (Å²) in [5.41, 5.74) is 0.277. The SMILES string of the molecule is COc1ccc(C(C)(C)C(=O)NC2CCNCC2C)cc1OC. The lowest BCUT2D eigenvalue weighted by atomic mass is 9.82. The molecule has 0 bridgehead atoms. The summed E-state index contributed by atoms with van der Waals surface area (Å²) in [7, 11) is 3.21. The maximum absolute atomic E-state index is 12.8. The van der Waals surface area contributed by atoms with Crippen LogP contribution in [-0.2, 0) is 10.2 Å². The first kappa shape index (κ1) is 17.6. The first-order valence-electron chi connectivity index (χ1n) is 8.14. The number of benzene rings is 1. The number of hydrogen-bond donors (Lipinski definition) is 2. The first-order valence-corrected chi connectivity index (χ1v) is 8.14. The normalized spacial score (nSPS) is 21.6. The quantitative estimate of drug-likeness (QED) is 0.872. The van der Waals surface area contributed by atoms with E-state index < -0.39 is 5.41 Å². The molecule has 0 spiro atoms. The van der Waals surface area contributed by atoms with E-state index >= 15 is 0 Å². The minimum absolute atomic E-state index is 0.0449. The molecule has 1 aromatic rings. The van der Waals surface area contributed by atoms with Crippen molar-refractivity contribution in [2.24, 2.45) is 5.92 Å². The molecule has 5 nitrogen and oxygen atoms in total. The molecule has 0 radical (unpaired) electrons. The zero-order valence-electron chi connectivity index (χ0n) is 14.7. The summed E-state index contributed by atoms with van der Waals surface area (Å²) in [4.78, 5) is 12.8. The fourth-order valence-corrected chi connectivity index (χ4v) is 2.93. The number of ether oxygens (including phenoxy) is 2. The Kier molecular flexibility index (Phi) is 5.52. The summed E-state index contributed by atoms with van der Waals surface area (Å²) in [5.74, 6) is 1.79. The predicted octanol–water partition coefficient (Wildman–Crippen LogP) is 2.10. The Hall–Kier alpha value is -1.75. The fourth-order valence-electron chi connectivity index (χ4n) is 2.93. The standard InChI is InChI=1S/C18H28N2O3/c1-12-11-19-9-8-14(12)20-17(21)18(2,3)13-6-7-15(22-4)16(10-13)23-5/h6-7,10,12,14,19H,8-9,11H2,1-5H3,(H,20,21). The summed E-state index contributed by atoms with van der Waals surface area (Å²) in [6, 6.07) is 5.87. The fraction of sp³-hybridized carbons (Fsp3) is 0.611. The Morgan fingerprint density at radius 3 is 2.57 bits per heavy atom. The highest BCUT2D eigenvalue weighted by molar-refractivity contribution is 5.87. The van der Waals surface area contributed by atoms with Gasteiger partial charge in [-0.25, -0.2) is 0 Å². The molecule has 2 unspecified atom stereocenters. The third-order valence-corrected chi connectivity index (χ3v) is 4.77. The number of piperidine rings is 1. The van der Waals surface area contributed by atoms with E-state index in [4.69, 9.17) is 9.47 Å². The average Bonchev–Trinajstić information content (AvgIpc) is 2.56. The topological polar surface area (TPSA) is 59.6 Å². The lowest BCUT2D eigenvalue weighted by Crippen LogP contribution is -2.52. The third kappa shape index (κ3) is 3.78. The Balaban J connectivity index is 2.17. The van der Waals surface area contributed by atoms with E-state index in [0.29, 0.717) is 17.4 Å². The molecule has 2 atom stereocenters. The van der Waals surface area contributed by atoms with Crippen molar-refractivity contribution >= 4 is 5.91 Å². The van der Waals surface area contributed by atoms with Crippen LogP contribution < -0.4 is 20.1 Å². The van der Waals surface area contributed by atoms with Crippen molar-refractivity contribution in [2.45, 2.75) is 38.6 Å². The maximum atomic E-state index is 12.8. The molecule has 23 heavy (non-hydrogen) atoms. The minimum Gasteiger partial charge on any atom is -0.493 e. The average molecular weight is 320 g/mol. The number of carbonyl (C=O) groups is 1. The first-order chi connectivity index (χ1) is 10.9. The molecule has 1 fully saturated rings. The van der Waals surface area contributed by atoms with E-state index in [9.17, 15) is 4.79 Å². The highest BCUT2D eigenvalue weighted by Crippen LogP contribution is 2.33. The molecule has 1 aromatic carbocycles. The van der Waals surface area contributed by atoms with Crippen LogP contribution in [0.4, 0.5) is 0 Å². The van der Waals surface area contributed by atoms with Gasteiger partial charge in [-0.2, -0.15) is 0 Å². The van der Waals surface area contributed by atoms with Gasteiger partial charge in [0.15, 0.2) is 11.5 Å². The predicted molar refractivity (Wildman–Crippen MR) is 91.2 cm³/mol. The van der Waals surface area contributed by atoms with E-state index in [0.717, 1.165) is 25.1 Å². The number of rotatable bonds is 5. The second-order valence-corrected chi connectivity index (χ2v) is 6.74. The van der Waals surface area contributed by atoms with Crippen molar-refractivity contribution in [3.63, 3.8) is 0 Å². The lowest BCUT2D eigenvalue weighted by molar-refractivity contribution is -0.126. The molecule has 1 aliphatic rings. The molecule has 1 amide bonds. The molecule has 1 aliphatic heterocycles. The van der Waals surface area contributed by atoms with Crippen LogP contribution in [0.1, 0.15) is 32.8 Å². The molecule has 0 aliphatic carbocycles. The monoisotopic (exact) mass is 320 g/mol. The minimum atomic E-state index is -0.635. The molecule has 0 saturated carbocycles. The van der Waals surface area contributed by atoms with Crippen LogP contribution in [0.15, 0.2) is 18.2 Å². The number of carbonyl (C=O) groups excluding carboxylic acids is 1. The smallest absolute Gasteiger partial charge is 0.230 e. The highest BCUT2D eigenvalue weighted by Gasteiger charge is 2.33. The van der Waals surface area contributed by atoms with Crippen LogP contribution in [0.5, 0.6) is 11.5 Å². The highest BCUT2D eigenvalue weighted by atomic mass is 16.5. The van der Waals surface area contributed by atoms with Crippen LogP contribution >= 0.6 is 0 Å². The molecule has 128 valence electrons. The summed E-state index contributed by atoms with van der Waals surface area (Å²) < 4.78 is 10.6. The van der Waals surface area contributed by atoms with Crippen molar-refractivity contribution < 1.29 is 14.3 Å². The lowest BCUT2D eigenvalue weighted by Gasteiger charge is -2.34. The summed E-state index contributed by atoms with van der Waals surface area (Å²) in [6.07, 6.45) is 0.967. The molecule has 1 heterocycles. The molecular formula is C18H28N2O3. The van der Waals surface area contributed by atoms with Gasteiger partial charge < -0.3 is 20.1 Å². The number of amides is 1. The van der Waals surface area contributed by atoms with Crippen LogP contribution in [0.2, 0.25) is 0 Å². The molecular weight excluding hydrogens is 292 g/mol. The van der Waals surface area contributed by atoms with Crippen molar-refractivity contribution in [3.8, 4) is 11.5 Å². The maximum Gasteiger partial charge on any atom is 0.230 e. The van der Waals surface area contributed by atoms with Crippen molar-refractivity contribution in [3.05, 3.63) is 23.8 Å². The second kappa shape index (κ2) is 7.21. The van der Waals surface area contributed by atoms with E-state index in [1.807, 2.05) is 32.0 Å². The van der Waals surface area contributed by atoms with Gasteiger partial charge in [-0.1, -0.05) is 13.0 Å². The van der Waals surface area contributed by atoms with Gasteiger partial charge in [-0.3, -0.25) is 4.79 Å². The number of nitrogens with one attached hydrogen (secondary N) is 2. The zero-order valence-corrected chi connectivity index (χ0v) is 14.7. The van der Waals surface area contributed by atoms with Crippen molar-refractivity contribution in [1.29, 1.82) is 0 Å². The van der Waals surface area contributed by atoms with E-state index in [1.165, 1.54) is 0 Å². The van der Waals surface area contributed by atoms with Gasteiger partial charge in [0.2, 0.25) is 5.91 Å². The molecule has 2 N–H and O–H groups in total. The zero-order chi connectivity index (χ0) is 17.0.